The summed E-state index contributed by atoms with van der Waals surface area (Å²) in [5.74, 6) is 1.09. The maximum absolute atomic E-state index is 11.4. The summed E-state index contributed by atoms with van der Waals surface area (Å²) in [4.78, 5) is 13.9. The van der Waals surface area contributed by atoms with Gasteiger partial charge in [-0.15, -0.1) is 0 Å². The van der Waals surface area contributed by atoms with Crippen LogP contribution in [0.4, 0.5) is 0 Å². The Bertz CT molecular complexity index is 497. The summed E-state index contributed by atoms with van der Waals surface area (Å²) in [5.41, 5.74) is 1.38. The maximum atomic E-state index is 11.4. The Kier molecular flexibility index (Phi) is 5.36. The number of carbonyl (C=O) groups is 1. The van der Waals surface area contributed by atoms with Crippen molar-refractivity contribution >= 4 is 5.97 Å². The van der Waals surface area contributed by atoms with Gasteiger partial charge >= 0.3 is 5.97 Å². The minimum atomic E-state index is -0.193. The molecular formula is C20H33NO3. The van der Waals surface area contributed by atoms with Crippen LogP contribution in [-0.2, 0) is 14.3 Å². The third-order valence-electron chi connectivity index (χ3n) is 6.79. The Balaban J connectivity index is 1.77. The van der Waals surface area contributed by atoms with Crippen LogP contribution in [0.2, 0.25) is 0 Å². The standard InChI is InChI=1S/C20H33NO3/c1-14-10-15(2)20(12-23-17(4)22)13-24-18(19(14)16(20)3)11-21-8-6-5-7-9-21/h10,15-16,18-19H,5-9,11-13H2,1-4H3/t15-,16+,18-,19+,20+/m1/s1. The summed E-state index contributed by atoms with van der Waals surface area (Å²) >= 11 is 0. The quantitative estimate of drug-likeness (QED) is 0.584. The number of carbonyl (C=O) groups excluding carboxylic acids is 1. The Morgan fingerprint density at radius 2 is 2.04 bits per heavy atom. The molecule has 0 spiro atoms. The molecule has 0 radical (unpaired) electrons. The molecule has 0 aromatic rings. The highest BCUT2D eigenvalue weighted by molar-refractivity contribution is 5.65. The molecule has 0 aromatic carbocycles. The summed E-state index contributed by atoms with van der Waals surface area (Å²) in [6.07, 6.45) is 6.67. The molecule has 2 heterocycles. The van der Waals surface area contributed by atoms with Gasteiger partial charge in [-0.3, -0.25) is 4.79 Å². The van der Waals surface area contributed by atoms with E-state index in [9.17, 15) is 4.79 Å². The number of hydrogen-bond acceptors (Lipinski definition) is 4. The first kappa shape index (κ1) is 17.9. The lowest BCUT2D eigenvalue weighted by Gasteiger charge is -2.55. The van der Waals surface area contributed by atoms with Gasteiger partial charge in [0.15, 0.2) is 0 Å². The van der Waals surface area contributed by atoms with Crippen molar-refractivity contribution in [1.82, 2.24) is 4.90 Å². The van der Waals surface area contributed by atoms with Crippen molar-refractivity contribution in [2.24, 2.45) is 23.2 Å². The number of ether oxygens (including phenoxy) is 2. The van der Waals surface area contributed by atoms with E-state index in [1.54, 1.807) is 0 Å². The zero-order valence-corrected chi connectivity index (χ0v) is 15.7. The Hall–Kier alpha value is -0.870. The molecule has 136 valence electrons. The first-order valence-electron chi connectivity index (χ1n) is 9.59. The van der Waals surface area contributed by atoms with E-state index in [2.05, 4.69) is 31.7 Å². The van der Waals surface area contributed by atoms with E-state index in [0.29, 0.717) is 31.0 Å². The van der Waals surface area contributed by atoms with Crippen molar-refractivity contribution in [3.8, 4) is 0 Å². The third-order valence-corrected chi connectivity index (χ3v) is 6.79. The normalized spacial score (nSPS) is 40.1. The predicted octanol–water partition coefficient (Wildman–Crippen LogP) is 3.27. The fourth-order valence-corrected chi connectivity index (χ4v) is 5.19. The second-order valence-electron chi connectivity index (χ2n) is 8.24. The molecule has 0 amide bonds. The zero-order valence-electron chi connectivity index (χ0n) is 15.7. The summed E-state index contributed by atoms with van der Waals surface area (Å²) in [6, 6.07) is 0. The first-order chi connectivity index (χ1) is 11.4. The van der Waals surface area contributed by atoms with E-state index in [4.69, 9.17) is 9.47 Å². The van der Waals surface area contributed by atoms with E-state index < -0.39 is 0 Å². The second-order valence-corrected chi connectivity index (χ2v) is 8.24. The van der Waals surface area contributed by atoms with Gasteiger partial charge in [0, 0.05) is 24.8 Å². The van der Waals surface area contributed by atoms with Crippen molar-refractivity contribution in [3.63, 3.8) is 0 Å². The highest BCUT2D eigenvalue weighted by Gasteiger charge is 2.54. The molecule has 2 bridgehead atoms. The number of allylic oxidation sites excluding steroid dienone is 1. The van der Waals surface area contributed by atoms with Crippen LogP contribution in [0.1, 0.15) is 47.0 Å². The molecule has 1 aliphatic carbocycles. The van der Waals surface area contributed by atoms with Crippen molar-refractivity contribution < 1.29 is 14.3 Å². The summed E-state index contributed by atoms with van der Waals surface area (Å²) < 4.78 is 11.9. The van der Waals surface area contributed by atoms with Gasteiger partial charge in [-0.1, -0.05) is 31.9 Å². The number of piperidine rings is 1. The molecule has 4 heteroatoms. The number of hydrogen-bond donors (Lipinski definition) is 0. The largest absolute Gasteiger partial charge is 0.465 e. The van der Waals surface area contributed by atoms with Crippen LogP contribution in [0.15, 0.2) is 11.6 Å². The molecule has 3 rings (SSSR count). The summed E-state index contributed by atoms with van der Waals surface area (Å²) in [6.45, 7) is 13.0. The van der Waals surface area contributed by atoms with Crippen LogP contribution in [0.3, 0.4) is 0 Å². The number of fused-ring (bicyclic) bond motifs is 2. The maximum Gasteiger partial charge on any atom is 0.302 e. The average molecular weight is 335 g/mol. The molecule has 2 aliphatic heterocycles. The third kappa shape index (κ3) is 3.28. The fraction of sp³-hybridized carbons (Fsp3) is 0.850. The SMILES string of the molecule is CC(=O)OC[C@]12CO[C@H](CN3CCCCC3)[C@@H](C(C)=C[C@H]1C)[C@@H]2C. The Labute approximate surface area is 146 Å². The number of likely N-dealkylation sites (tertiary alicyclic amines) is 1. The molecule has 24 heavy (non-hydrogen) atoms. The van der Waals surface area contributed by atoms with Crippen LogP contribution >= 0.6 is 0 Å². The minimum Gasteiger partial charge on any atom is -0.465 e. The van der Waals surface area contributed by atoms with Crippen LogP contribution in [-0.4, -0.2) is 49.8 Å². The van der Waals surface area contributed by atoms with Gasteiger partial charge in [0.05, 0.1) is 19.3 Å². The predicted molar refractivity (Wildman–Crippen MR) is 94.7 cm³/mol. The van der Waals surface area contributed by atoms with Gasteiger partial charge in [0.25, 0.3) is 0 Å². The Morgan fingerprint density at radius 3 is 2.71 bits per heavy atom. The smallest absolute Gasteiger partial charge is 0.302 e. The minimum absolute atomic E-state index is 0.0752. The highest BCUT2D eigenvalue weighted by atomic mass is 16.5. The van der Waals surface area contributed by atoms with Crippen molar-refractivity contribution in [2.75, 3.05) is 32.8 Å². The van der Waals surface area contributed by atoms with Crippen LogP contribution < -0.4 is 0 Å². The first-order valence-corrected chi connectivity index (χ1v) is 9.59. The lowest BCUT2D eigenvalue weighted by molar-refractivity contribution is -0.182. The molecule has 0 unspecified atom stereocenters. The second kappa shape index (κ2) is 7.17. The molecule has 4 nitrogen and oxygen atoms in total. The zero-order chi connectivity index (χ0) is 17.3. The van der Waals surface area contributed by atoms with Crippen molar-refractivity contribution in [2.45, 2.75) is 53.1 Å². The average Bonchev–Trinajstić information content (AvgIpc) is 2.54. The molecule has 0 saturated carbocycles. The Morgan fingerprint density at radius 1 is 1.33 bits per heavy atom. The van der Waals surface area contributed by atoms with E-state index in [0.717, 1.165) is 6.54 Å². The monoisotopic (exact) mass is 335 g/mol. The lowest BCUT2D eigenvalue weighted by atomic mass is 9.56. The van der Waals surface area contributed by atoms with Gasteiger partial charge in [0.1, 0.15) is 0 Å². The van der Waals surface area contributed by atoms with Gasteiger partial charge < -0.3 is 14.4 Å². The van der Waals surface area contributed by atoms with E-state index in [1.807, 2.05) is 0 Å². The summed E-state index contributed by atoms with van der Waals surface area (Å²) in [5, 5.41) is 0. The van der Waals surface area contributed by atoms with Crippen molar-refractivity contribution in [3.05, 3.63) is 11.6 Å². The fourth-order valence-electron chi connectivity index (χ4n) is 5.19. The van der Waals surface area contributed by atoms with E-state index in [-0.39, 0.29) is 17.5 Å². The molecule has 0 N–H and O–H groups in total. The van der Waals surface area contributed by atoms with E-state index in [1.165, 1.54) is 44.8 Å². The molecule has 2 saturated heterocycles. The van der Waals surface area contributed by atoms with Crippen molar-refractivity contribution in [1.29, 1.82) is 0 Å². The molecule has 2 fully saturated rings. The van der Waals surface area contributed by atoms with Gasteiger partial charge in [-0.05, 0) is 44.7 Å². The summed E-state index contributed by atoms with van der Waals surface area (Å²) in [7, 11) is 0. The van der Waals surface area contributed by atoms with Crippen LogP contribution in [0, 0.1) is 23.2 Å². The van der Waals surface area contributed by atoms with Gasteiger partial charge in [-0.2, -0.15) is 0 Å². The van der Waals surface area contributed by atoms with Crippen LogP contribution in [0.25, 0.3) is 0 Å². The number of esters is 1. The molecule has 5 atom stereocenters. The van der Waals surface area contributed by atoms with E-state index >= 15 is 0 Å². The van der Waals surface area contributed by atoms with Gasteiger partial charge in [0.2, 0.25) is 0 Å². The topological polar surface area (TPSA) is 38.8 Å². The molecule has 0 aromatic heterocycles. The molecular weight excluding hydrogens is 302 g/mol. The van der Waals surface area contributed by atoms with Crippen LogP contribution in [0.5, 0.6) is 0 Å². The highest BCUT2D eigenvalue weighted by Crippen LogP contribution is 2.52. The van der Waals surface area contributed by atoms with Gasteiger partial charge in [-0.25, -0.2) is 0 Å². The lowest BCUT2D eigenvalue weighted by Crippen LogP contribution is -2.58. The number of nitrogens with zero attached hydrogens (tertiary/aromatic N) is 1. The number of rotatable bonds is 4. The molecule has 3 aliphatic rings.